The first-order valence-corrected chi connectivity index (χ1v) is 6.05. The van der Waals surface area contributed by atoms with E-state index in [1.165, 1.54) is 0 Å². The van der Waals surface area contributed by atoms with Crippen molar-refractivity contribution < 1.29 is 4.74 Å². The first kappa shape index (κ1) is 10.6. The molecule has 3 rings (SSSR count). The molecule has 0 aliphatic carbocycles. The number of rotatable bonds is 1. The molecule has 1 aliphatic heterocycles. The van der Waals surface area contributed by atoms with E-state index in [1.54, 1.807) is 0 Å². The predicted molar refractivity (Wildman–Crippen MR) is 66.4 cm³/mol. The van der Waals surface area contributed by atoms with Crippen LogP contribution in [-0.2, 0) is 4.74 Å². The number of H-pyrrole nitrogens is 1. The highest BCUT2D eigenvalue weighted by Gasteiger charge is 2.20. The summed E-state index contributed by atoms with van der Waals surface area (Å²) in [5.41, 5.74) is 3.02. The molecule has 2 aromatic rings. The second kappa shape index (κ2) is 4.04. The van der Waals surface area contributed by atoms with E-state index in [-0.39, 0.29) is 11.7 Å². The Morgan fingerprint density at radius 3 is 3.12 bits per heavy atom. The number of aryl methyl sites for hydroxylation is 1. The smallest absolute Gasteiger partial charge is 0.326 e. The van der Waals surface area contributed by atoms with Crippen LogP contribution in [0.1, 0.15) is 24.4 Å². The van der Waals surface area contributed by atoms with E-state index >= 15 is 0 Å². The van der Waals surface area contributed by atoms with Crippen molar-refractivity contribution in [1.82, 2.24) is 9.55 Å². The molecule has 1 fully saturated rings. The summed E-state index contributed by atoms with van der Waals surface area (Å²) in [6.07, 6.45) is 2.04. The fourth-order valence-electron chi connectivity index (χ4n) is 2.58. The summed E-state index contributed by atoms with van der Waals surface area (Å²) in [6, 6.07) is 6.17. The van der Waals surface area contributed by atoms with Gasteiger partial charge in [0.15, 0.2) is 0 Å². The lowest BCUT2D eigenvalue weighted by molar-refractivity contribution is 0.0595. The first-order valence-electron chi connectivity index (χ1n) is 6.05. The van der Waals surface area contributed by atoms with Crippen molar-refractivity contribution in [1.29, 1.82) is 0 Å². The lowest BCUT2D eigenvalue weighted by atomic mass is 10.1. The molecule has 90 valence electrons. The molecule has 4 nitrogen and oxygen atoms in total. The number of nitrogens with one attached hydrogen (secondary N) is 1. The van der Waals surface area contributed by atoms with Crippen LogP contribution < -0.4 is 5.69 Å². The third kappa shape index (κ3) is 1.69. The summed E-state index contributed by atoms with van der Waals surface area (Å²) < 4.78 is 7.32. The Kier molecular flexibility index (Phi) is 2.52. The highest BCUT2D eigenvalue weighted by Crippen LogP contribution is 2.23. The molecular weight excluding hydrogens is 216 g/mol. The molecule has 1 N–H and O–H groups in total. The van der Waals surface area contributed by atoms with Crippen LogP contribution in [0, 0.1) is 6.92 Å². The molecule has 0 bridgehead atoms. The van der Waals surface area contributed by atoms with E-state index in [1.807, 2.05) is 29.7 Å². The van der Waals surface area contributed by atoms with Crippen LogP contribution in [0.4, 0.5) is 0 Å². The van der Waals surface area contributed by atoms with Gasteiger partial charge in [-0.25, -0.2) is 4.79 Å². The Morgan fingerprint density at radius 1 is 1.47 bits per heavy atom. The molecule has 17 heavy (non-hydrogen) atoms. The van der Waals surface area contributed by atoms with Gasteiger partial charge in [-0.1, -0.05) is 12.1 Å². The molecule has 1 aromatic heterocycles. The molecule has 1 aromatic carbocycles. The van der Waals surface area contributed by atoms with Gasteiger partial charge in [-0.05, 0) is 31.4 Å². The summed E-state index contributed by atoms with van der Waals surface area (Å²) in [5.74, 6) is 0. The lowest BCUT2D eigenvalue weighted by Gasteiger charge is -2.23. The number of aromatic nitrogens is 2. The number of ether oxygens (including phenoxy) is 1. The number of imidazole rings is 1. The van der Waals surface area contributed by atoms with Crippen LogP contribution in [-0.4, -0.2) is 22.8 Å². The molecule has 2 heterocycles. The Labute approximate surface area is 99.2 Å². The maximum Gasteiger partial charge on any atom is 0.326 e. The average Bonchev–Trinajstić information content (AvgIpc) is 2.68. The van der Waals surface area contributed by atoms with E-state index in [9.17, 15) is 4.79 Å². The van der Waals surface area contributed by atoms with Gasteiger partial charge in [0.25, 0.3) is 0 Å². The standard InChI is InChI=1S/C13H16N2O2/c1-9-4-2-6-11-12(9)14-13(16)15(11)10-5-3-7-17-8-10/h2,4,6,10H,3,5,7-8H2,1H3,(H,14,16). The van der Waals surface area contributed by atoms with Crippen molar-refractivity contribution >= 4 is 11.0 Å². The third-order valence-electron chi connectivity index (χ3n) is 3.46. The third-order valence-corrected chi connectivity index (χ3v) is 3.46. The van der Waals surface area contributed by atoms with Crippen LogP contribution in [0.2, 0.25) is 0 Å². The van der Waals surface area contributed by atoms with E-state index in [0.717, 1.165) is 36.0 Å². The molecule has 1 aliphatic rings. The van der Waals surface area contributed by atoms with Crippen LogP contribution in [0.3, 0.4) is 0 Å². The summed E-state index contributed by atoms with van der Waals surface area (Å²) in [5, 5.41) is 0. The van der Waals surface area contributed by atoms with Gasteiger partial charge in [-0.15, -0.1) is 0 Å². The number of para-hydroxylation sites is 1. The van der Waals surface area contributed by atoms with Gasteiger partial charge >= 0.3 is 5.69 Å². The van der Waals surface area contributed by atoms with Gasteiger partial charge in [0.2, 0.25) is 0 Å². The van der Waals surface area contributed by atoms with Gasteiger partial charge in [0.1, 0.15) is 0 Å². The van der Waals surface area contributed by atoms with Gasteiger partial charge in [0, 0.05) is 6.61 Å². The molecule has 0 saturated carbocycles. The fraction of sp³-hybridized carbons (Fsp3) is 0.462. The molecular formula is C13H16N2O2. The Morgan fingerprint density at radius 2 is 2.35 bits per heavy atom. The first-order chi connectivity index (χ1) is 8.27. The highest BCUT2D eigenvalue weighted by molar-refractivity contribution is 5.78. The molecule has 0 spiro atoms. The number of benzene rings is 1. The summed E-state index contributed by atoms with van der Waals surface area (Å²) in [6.45, 7) is 3.47. The molecule has 0 amide bonds. The quantitative estimate of drug-likeness (QED) is 0.817. The van der Waals surface area contributed by atoms with Crippen molar-refractivity contribution in [3.63, 3.8) is 0 Å². The van der Waals surface area contributed by atoms with Crippen molar-refractivity contribution in [2.24, 2.45) is 0 Å². The number of fused-ring (bicyclic) bond motifs is 1. The zero-order valence-corrected chi connectivity index (χ0v) is 9.90. The lowest BCUT2D eigenvalue weighted by Crippen LogP contribution is -2.28. The fourth-order valence-corrected chi connectivity index (χ4v) is 2.58. The summed E-state index contributed by atoms with van der Waals surface area (Å²) in [7, 11) is 0. The summed E-state index contributed by atoms with van der Waals surface area (Å²) >= 11 is 0. The number of nitrogens with zero attached hydrogens (tertiary/aromatic N) is 1. The molecule has 4 heteroatoms. The van der Waals surface area contributed by atoms with Crippen molar-refractivity contribution in [3.8, 4) is 0 Å². The Hall–Kier alpha value is -1.55. The van der Waals surface area contributed by atoms with E-state index in [4.69, 9.17) is 4.74 Å². The zero-order chi connectivity index (χ0) is 11.8. The van der Waals surface area contributed by atoms with Crippen molar-refractivity contribution in [3.05, 3.63) is 34.2 Å². The number of aromatic amines is 1. The number of hydrogen-bond donors (Lipinski definition) is 1. The minimum Gasteiger partial charge on any atom is -0.379 e. The Bertz CT molecular complexity index is 591. The van der Waals surface area contributed by atoms with Gasteiger partial charge in [0.05, 0.1) is 23.7 Å². The van der Waals surface area contributed by atoms with E-state index in [0.29, 0.717) is 6.61 Å². The molecule has 0 radical (unpaired) electrons. The molecule has 1 atom stereocenters. The minimum atomic E-state index is -0.0233. The largest absolute Gasteiger partial charge is 0.379 e. The SMILES string of the molecule is Cc1cccc2c1[nH]c(=O)n2C1CCCOC1. The van der Waals surface area contributed by atoms with Crippen LogP contribution in [0.25, 0.3) is 11.0 Å². The zero-order valence-electron chi connectivity index (χ0n) is 9.90. The van der Waals surface area contributed by atoms with E-state index in [2.05, 4.69) is 4.98 Å². The number of hydrogen-bond acceptors (Lipinski definition) is 2. The van der Waals surface area contributed by atoms with Crippen molar-refractivity contribution in [2.75, 3.05) is 13.2 Å². The minimum absolute atomic E-state index is 0.0233. The molecule has 1 saturated heterocycles. The monoisotopic (exact) mass is 232 g/mol. The van der Waals surface area contributed by atoms with Gasteiger partial charge in [-0.2, -0.15) is 0 Å². The maximum absolute atomic E-state index is 12.0. The van der Waals surface area contributed by atoms with Gasteiger partial charge < -0.3 is 9.72 Å². The average molecular weight is 232 g/mol. The van der Waals surface area contributed by atoms with Crippen LogP contribution in [0.5, 0.6) is 0 Å². The second-order valence-electron chi connectivity index (χ2n) is 4.64. The van der Waals surface area contributed by atoms with Gasteiger partial charge in [-0.3, -0.25) is 4.57 Å². The second-order valence-corrected chi connectivity index (χ2v) is 4.64. The normalized spacial score (nSPS) is 20.9. The summed E-state index contributed by atoms with van der Waals surface area (Å²) in [4.78, 5) is 15.0. The van der Waals surface area contributed by atoms with Crippen LogP contribution in [0.15, 0.2) is 23.0 Å². The maximum atomic E-state index is 12.0. The molecule has 1 unspecified atom stereocenters. The topological polar surface area (TPSA) is 47.0 Å². The van der Waals surface area contributed by atoms with Crippen LogP contribution >= 0.6 is 0 Å². The van der Waals surface area contributed by atoms with E-state index < -0.39 is 0 Å². The predicted octanol–water partition coefficient (Wildman–Crippen LogP) is 1.99. The van der Waals surface area contributed by atoms with Crippen molar-refractivity contribution in [2.45, 2.75) is 25.8 Å². The highest BCUT2D eigenvalue weighted by atomic mass is 16.5. The Balaban J connectivity index is 2.18.